The summed E-state index contributed by atoms with van der Waals surface area (Å²) in [6, 6.07) is 6.15. The van der Waals surface area contributed by atoms with Gasteiger partial charge in [-0.05, 0) is 43.9 Å². The molecule has 1 fully saturated rings. The number of anilines is 1. The molecule has 0 spiro atoms. The highest BCUT2D eigenvalue weighted by Gasteiger charge is 2.29. The van der Waals surface area contributed by atoms with Crippen molar-refractivity contribution in [2.45, 2.75) is 38.3 Å². The molecule has 1 saturated carbocycles. The minimum Gasteiger partial charge on any atom is -0.396 e. The lowest BCUT2D eigenvalue weighted by Gasteiger charge is -2.15. The molecule has 7 nitrogen and oxygen atoms in total. The SMILES string of the molecule is Cc1cc2c(cc1C#N)c(-c1cncc(N)c1Cl)cn2[C@H]1CC[C@@H](NS(C)(=O)=O)C1. The number of nitrogens with one attached hydrogen (secondary N) is 1. The van der Waals surface area contributed by atoms with Gasteiger partial charge in [0.2, 0.25) is 10.0 Å². The maximum absolute atomic E-state index is 11.6. The van der Waals surface area contributed by atoms with Crippen LogP contribution in [0.15, 0.2) is 30.7 Å². The molecule has 0 unspecified atom stereocenters. The summed E-state index contributed by atoms with van der Waals surface area (Å²) in [4.78, 5) is 4.19. The lowest BCUT2D eigenvalue weighted by atomic mass is 10.0. The number of sulfonamides is 1. The number of nitrogen functional groups attached to an aromatic ring is 1. The van der Waals surface area contributed by atoms with Gasteiger partial charge < -0.3 is 10.3 Å². The van der Waals surface area contributed by atoms with Gasteiger partial charge in [0.1, 0.15) is 0 Å². The zero-order valence-corrected chi connectivity index (χ0v) is 18.3. The van der Waals surface area contributed by atoms with Crippen LogP contribution in [0.5, 0.6) is 0 Å². The van der Waals surface area contributed by atoms with E-state index in [1.165, 1.54) is 12.5 Å². The molecule has 2 atom stereocenters. The molecule has 2 heterocycles. The minimum absolute atomic E-state index is 0.0944. The lowest BCUT2D eigenvalue weighted by molar-refractivity contribution is 0.511. The third-order valence-corrected chi connectivity index (χ3v) is 6.86. The van der Waals surface area contributed by atoms with Crippen molar-refractivity contribution in [3.63, 3.8) is 0 Å². The van der Waals surface area contributed by atoms with Gasteiger partial charge in [0.05, 0.1) is 34.8 Å². The summed E-state index contributed by atoms with van der Waals surface area (Å²) in [5, 5.41) is 10.8. The number of hydrogen-bond acceptors (Lipinski definition) is 5. The Bertz CT molecular complexity index is 1290. The molecule has 0 radical (unpaired) electrons. The summed E-state index contributed by atoms with van der Waals surface area (Å²) in [5.41, 5.74) is 10.4. The van der Waals surface area contributed by atoms with Crippen LogP contribution in [0.1, 0.15) is 36.4 Å². The van der Waals surface area contributed by atoms with Crippen molar-refractivity contribution in [1.82, 2.24) is 14.3 Å². The van der Waals surface area contributed by atoms with Gasteiger partial charge in [-0.25, -0.2) is 13.1 Å². The van der Waals surface area contributed by atoms with Crippen LogP contribution in [-0.2, 0) is 10.0 Å². The highest BCUT2D eigenvalue weighted by atomic mass is 35.5. The number of pyridine rings is 1. The number of halogens is 1. The summed E-state index contributed by atoms with van der Waals surface area (Å²) >= 11 is 6.48. The van der Waals surface area contributed by atoms with Crippen molar-refractivity contribution < 1.29 is 8.42 Å². The molecule has 0 amide bonds. The molecule has 0 saturated heterocycles. The van der Waals surface area contributed by atoms with Crippen LogP contribution >= 0.6 is 11.6 Å². The van der Waals surface area contributed by atoms with Crippen molar-refractivity contribution in [2.24, 2.45) is 0 Å². The van der Waals surface area contributed by atoms with Gasteiger partial charge in [-0.3, -0.25) is 4.98 Å². The second-order valence-electron chi connectivity index (χ2n) is 7.89. The Morgan fingerprint density at radius 1 is 1.30 bits per heavy atom. The molecule has 4 rings (SSSR count). The summed E-state index contributed by atoms with van der Waals surface area (Å²) < 4.78 is 28.2. The number of hydrogen-bond donors (Lipinski definition) is 2. The molecule has 30 heavy (non-hydrogen) atoms. The molecule has 3 aromatic rings. The Morgan fingerprint density at radius 2 is 2.07 bits per heavy atom. The number of fused-ring (bicyclic) bond motifs is 1. The van der Waals surface area contributed by atoms with Crippen LogP contribution in [0.2, 0.25) is 5.02 Å². The van der Waals surface area contributed by atoms with Crippen LogP contribution in [0, 0.1) is 18.3 Å². The molecule has 1 aliphatic carbocycles. The van der Waals surface area contributed by atoms with Crippen LogP contribution in [-0.4, -0.2) is 30.3 Å². The number of nitriles is 1. The normalized spacial score (nSPS) is 19.3. The predicted molar refractivity (Wildman–Crippen MR) is 119 cm³/mol. The number of rotatable bonds is 4. The van der Waals surface area contributed by atoms with E-state index in [-0.39, 0.29) is 12.1 Å². The molecular formula is C21H22ClN5O2S. The summed E-state index contributed by atoms with van der Waals surface area (Å²) in [7, 11) is -3.25. The highest BCUT2D eigenvalue weighted by molar-refractivity contribution is 7.88. The fourth-order valence-electron chi connectivity index (χ4n) is 4.31. The van der Waals surface area contributed by atoms with E-state index < -0.39 is 10.0 Å². The highest BCUT2D eigenvalue weighted by Crippen LogP contribution is 2.41. The van der Waals surface area contributed by atoms with E-state index in [9.17, 15) is 13.7 Å². The van der Waals surface area contributed by atoms with Gasteiger partial charge in [0.25, 0.3) is 0 Å². The second-order valence-corrected chi connectivity index (χ2v) is 10.0. The molecule has 1 aliphatic rings. The average molecular weight is 444 g/mol. The van der Waals surface area contributed by atoms with Gasteiger partial charge in [0, 0.05) is 46.5 Å². The first-order valence-electron chi connectivity index (χ1n) is 9.60. The fourth-order valence-corrected chi connectivity index (χ4v) is 5.33. The van der Waals surface area contributed by atoms with Gasteiger partial charge in [-0.1, -0.05) is 11.6 Å². The van der Waals surface area contributed by atoms with E-state index in [2.05, 4.69) is 20.3 Å². The van der Waals surface area contributed by atoms with E-state index in [1.807, 2.05) is 25.3 Å². The van der Waals surface area contributed by atoms with E-state index in [1.54, 1.807) is 6.20 Å². The molecular weight excluding hydrogens is 422 g/mol. The van der Waals surface area contributed by atoms with Crippen LogP contribution in [0.25, 0.3) is 22.0 Å². The molecule has 2 aromatic heterocycles. The van der Waals surface area contributed by atoms with E-state index in [4.69, 9.17) is 17.3 Å². The largest absolute Gasteiger partial charge is 0.396 e. The van der Waals surface area contributed by atoms with Crippen LogP contribution in [0.3, 0.4) is 0 Å². The molecule has 0 aliphatic heterocycles. The number of nitrogens with two attached hydrogens (primary N) is 1. The number of nitrogens with zero attached hydrogens (tertiary/aromatic N) is 3. The zero-order valence-electron chi connectivity index (χ0n) is 16.7. The van der Waals surface area contributed by atoms with Crippen molar-refractivity contribution in [3.8, 4) is 17.2 Å². The first-order chi connectivity index (χ1) is 14.2. The van der Waals surface area contributed by atoms with Crippen LogP contribution in [0.4, 0.5) is 5.69 Å². The van der Waals surface area contributed by atoms with Crippen LogP contribution < -0.4 is 10.5 Å². The Labute approximate surface area is 180 Å². The third kappa shape index (κ3) is 3.76. The van der Waals surface area contributed by atoms with Gasteiger partial charge in [-0.15, -0.1) is 0 Å². The lowest BCUT2D eigenvalue weighted by Crippen LogP contribution is -2.32. The fraction of sp³-hybridized carbons (Fsp3) is 0.333. The van der Waals surface area contributed by atoms with E-state index in [0.29, 0.717) is 28.3 Å². The Balaban J connectivity index is 1.86. The minimum atomic E-state index is -3.25. The summed E-state index contributed by atoms with van der Waals surface area (Å²) in [5.74, 6) is 0. The van der Waals surface area contributed by atoms with Crippen molar-refractivity contribution in [1.29, 1.82) is 5.26 Å². The number of aromatic nitrogens is 2. The molecule has 1 aromatic carbocycles. The molecule has 9 heteroatoms. The Hall–Kier alpha value is -2.60. The molecule has 156 valence electrons. The number of aryl methyl sites for hydroxylation is 1. The summed E-state index contributed by atoms with van der Waals surface area (Å²) in [6.45, 7) is 1.91. The topological polar surface area (TPSA) is 114 Å². The maximum atomic E-state index is 11.6. The van der Waals surface area contributed by atoms with Gasteiger partial charge >= 0.3 is 0 Å². The quantitative estimate of drug-likeness (QED) is 0.637. The molecule has 3 N–H and O–H groups in total. The monoisotopic (exact) mass is 443 g/mol. The maximum Gasteiger partial charge on any atom is 0.208 e. The smallest absolute Gasteiger partial charge is 0.208 e. The summed E-state index contributed by atoms with van der Waals surface area (Å²) in [6.07, 6.45) is 8.69. The Kier molecular flexibility index (Phi) is 5.22. The molecule has 0 bridgehead atoms. The van der Waals surface area contributed by atoms with Crippen molar-refractivity contribution in [3.05, 3.63) is 46.9 Å². The van der Waals surface area contributed by atoms with E-state index in [0.717, 1.165) is 34.9 Å². The third-order valence-electron chi connectivity index (χ3n) is 5.68. The number of benzene rings is 1. The van der Waals surface area contributed by atoms with Crippen molar-refractivity contribution >= 4 is 38.2 Å². The zero-order chi connectivity index (χ0) is 21.6. The van der Waals surface area contributed by atoms with E-state index >= 15 is 0 Å². The standard InChI is InChI=1S/C21H22ClN5O2S/c1-12-5-20-16(6-13(12)8-23)18(17-9-25-10-19(24)21(17)22)11-27(20)15-4-3-14(7-15)26-30(2,28)29/h5-6,9-11,14-15,26H,3-4,7,24H2,1-2H3/t14-,15+/m1/s1. The second kappa shape index (κ2) is 7.58. The van der Waals surface area contributed by atoms with Crippen molar-refractivity contribution in [2.75, 3.05) is 12.0 Å². The van der Waals surface area contributed by atoms with Gasteiger partial charge in [-0.2, -0.15) is 5.26 Å². The first kappa shape index (κ1) is 20.7. The first-order valence-corrected chi connectivity index (χ1v) is 11.9. The van der Waals surface area contributed by atoms with Gasteiger partial charge in [0.15, 0.2) is 0 Å². The average Bonchev–Trinajstić information content (AvgIpc) is 3.26. The Morgan fingerprint density at radius 3 is 2.77 bits per heavy atom. The predicted octanol–water partition coefficient (Wildman–Crippen LogP) is 3.76.